The molecule has 0 aliphatic heterocycles. The summed E-state index contributed by atoms with van der Waals surface area (Å²) in [7, 11) is 0. The number of benzene rings is 2. The van der Waals surface area contributed by atoms with Crippen molar-refractivity contribution >= 4 is 17.0 Å². The van der Waals surface area contributed by atoms with E-state index in [1.165, 1.54) is 0 Å². The van der Waals surface area contributed by atoms with Gasteiger partial charge in [-0.05, 0) is 31.5 Å². The molecule has 0 spiro atoms. The van der Waals surface area contributed by atoms with Gasteiger partial charge in [-0.2, -0.15) is 5.10 Å². The fraction of sp³-hybridized carbons (Fsp3) is 0.111. The normalized spacial score (nSPS) is 12.6. The minimum absolute atomic E-state index is 0.874. The van der Waals surface area contributed by atoms with Crippen molar-refractivity contribution in [3.8, 4) is 5.69 Å². The first kappa shape index (κ1) is 14.5. The van der Waals surface area contributed by atoms with Crippen LogP contribution in [0, 0.1) is 6.92 Å². The minimum atomic E-state index is 0.874. The van der Waals surface area contributed by atoms with Gasteiger partial charge in [-0.15, -0.1) is 16.4 Å². The van der Waals surface area contributed by atoms with Crippen LogP contribution in [0.4, 0.5) is 0 Å². The van der Waals surface area contributed by atoms with E-state index in [9.17, 15) is 0 Å². The van der Waals surface area contributed by atoms with Crippen LogP contribution < -0.4 is 4.80 Å². The second-order valence-corrected chi connectivity index (χ2v) is 5.82. The highest BCUT2D eigenvalue weighted by Gasteiger charge is 2.03. The molecule has 0 saturated carbocycles. The van der Waals surface area contributed by atoms with Crippen LogP contribution in [-0.2, 0) is 0 Å². The summed E-state index contributed by atoms with van der Waals surface area (Å²) < 4.78 is 2.12. The fourth-order valence-corrected chi connectivity index (χ4v) is 3.03. The molecule has 22 heavy (non-hydrogen) atoms. The zero-order valence-electron chi connectivity index (χ0n) is 12.6. The van der Waals surface area contributed by atoms with Crippen molar-refractivity contribution in [3.63, 3.8) is 0 Å². The quantitative estimate of drug-likeness (QED) is 0.513. The number of hydrogen-bond acceptors (Lipinski definition) is 3. The zero-order chi connectivity index (χ0) is 15.4. The molecule has 0 radical (unpaired) electrons. The maximum Gasteiger partial charge on any atom is 0.215 e. The van der Waals surface area contributed by atoms with Crippen molar-refractivity contribution in [1.29, 1.82) is 0 Å². The molecule has 0 saturated heterocycles. The van der Waals surface area contributed by atoms with Crippen LogP contribution in [0.5, 0.6) is 0 Å². The maximum absolute atomic E-state index is 4.45. The molecule has 1 heterocycles. The Morgan fingerprint density at radius 1 is 0.955 bits per heavy atom. The third-order valence-corrected chi connectivity index (χ3v) is 4.30. The molecular formula is C18H17N3S. The Balaban J connectivity index is 2.03. The van der Waals surface area contributed by atoms with Gasteiger partial charge in [0.1, 0.15) is 0 Å². The monoisotopic (exact) mass is 307 g/mol. The SMILES string of the molecule is C/C(=N/N=c1\scc(C)n1-c1ccccc1)c1ccccc1. The number of aryl methyl sites for hydroxylation is 1. The number of para-hydroxylation sites is 1. The molecular weight excluding hydrogens is 290 g/mol. The smallest absolute Gasteiger partial charge is 0.215 e. The van der Waals surface area contributed by atoms with Gasteiger partial charge < -0.3 is 0 Å². The van der Waals surface area contributed by atoms with Gasteiger partial charge in [0.15, 0.2) is 0 Å². The molecule has 2 aromatic carbocycles. The van der Waals surface area contributed by atoms with Crippen molar-refractivity contribution in [2.24, 2.45) is 10.2 Å². The molecule has 110 valence electrons. The lowest BCUT2D eigenvalue weighted by molar-refractivity contribution is 0.925. The van der Waals surface area contributed by atoms with Gasteiger partial charge in [-0.25, -0.2) is 0 Å². The molecule has 3 rings (SSSR count). The number of hydrogen-bond donors (Lipinski definition) is 0. The van der Waals surface area contributed by atoms with Gasteiger partial charge in [-0.1, -0.05) is 48.5 Å². The summed E-state index contributed by atoms with van der Waals surface area (Å²) in [6, 6.07) is 20.3. The Bertz CT molecular complexity index is 843. The second-order valence-electron chi connectivity index (χ2n) is 4.98. The Morgan fingerprint density at radius 3 is 2.27 bits per heavy atom. The van der Waals surface area contributed by atoms with Crippen molar-refractivity contribution in [1.82, 2.24) is 4.57 Å². The van der Waals surface area contributed by atoms with Gasteiger partial charge in [0.25, 0.3) is 0 Å². The zero-order valence-corrected chi connectivity index (χ0v) is 13.4. The Morgan fingerprint density at radius 2 is 1.59 bits per heavy atom. The van der Waals surface area contributed by atoms with E-state index in [2.05, 4.69) is 39.2 Å². The summed E-state index contributed by atoms with van der Waals surface area (Å²) in [5.74, 6) is 0. The standard InChI is InChI=1S/C18H17N3S/c1-14-13-22-18(21(14)17-11-7-4-8-12-17)20-19-15(2)16-9-5-3-6-10-16/h3-13H,1-2H3/b19-15-,20-18-. The van der Waals surface area contributed by atoms with E-state index >= 15 is 0 Å². The van der Waals surface area contributed by atoms with E-state index in [0.717, 1.165) is 27.5 Å². The predicted molar refractivity (Wildman–Crippen MR) is 92.6 cm³/mol. The average Bonchev–Trinajstić information content (AvgIpc) is 2.95. The minimum Gasteiger partial charge on any atom is -0.288 e. The van der Waals surface area contributed by atoms with Crippen LogP contribution in [0.3, 0.4) is 0 Å². The molecule has 0 aliphatic carbocycles. The van der Waals surface area contributed by atoms with E-state index < -0.39 is 0 Å². The number of nitrogens with zero attached hydrogens (tertiary/aromatic N) is 3. The van der Waals surface area contributed by atoms with Crippen LogP contribution in [0.1, 0.15) is 18.2 Å². The maximum atomic E-state index is 4.45. The number of aromatic nitrogens is 1. The van der Waals surface area contributed by atoms with Gasteiger partial charge in [0.05, 0.1) is 5.71 Å². The van der Waals surface area contributed by atoms with Crippen LogP contribution >= 0.6 is 11.3 Å². The topological polar surface area (TPSA) is 29.6 Å². The highest BCUT2D eigenvalue weighted by Crippen LogP contribution is 2.10. The average molecular weight is 307 g/mol. The van der Waals surface area contributed by atoms with Gasteiger partial charge in [0.2, 0.25) is 4.80 Å². The summed E-state index contributed by atoms with van der Waals surface area (Å²) in [5, 5.41) is 10.9. The van der Waals surface area contributed by atoms with Crippen LogP contribution in [-0.4, -0.2) is 10.3 Å². The summed E-state index contributed by atoms with van der Waals surface area (Å²) in [4.78, 5) is 0.874. The van der Waals surface area contributed by atoms with Crippen LogP contribution in [0.2, 0.25) is 0 Å². The van der Waals surface area contributed by atoms with E-state index in [4.69, 9.17) is 0 Å². The van der Waals surface area contributed by atoms with Crippen LogP contribution in [0.25, 0.3) is 5.69 Å². The van der Waals surface area contributed by atoms with Gasteiger partial charge >= 0.3 is 0 Å². The third-order valence-electron chi connectivity index (χ3n) is 3.37. The summed E-state index contributed by atoms with van der Waals surface area (Å²) in [6.45, 7) is 4.06. The second kappa shape index (κ2) is 6.54. The lowest BCUT2D eigenvalue weighted by Crippen LogP contribution is -2.13. The first-order chi connectivity index (χ1) is 10.8. The molecule has 3 nitrogen and oxygen atoms in total. The number of rotatable bonds is 3. The van der Waals surface area contributed by atoms with Crippen molar-refractivity contribution < 1.29 is 0 Å². The highest BCUT2D eigenvalue weighted by molar-refractivity contribution is 7.07. The molecule has 1 aromatic heterocycles. The highest BCUT2D eigenvalue weighted by atomic mass is 32.1. The van der Waals surface area contributed by atoms with Crippen molar-refractivity contribution in [3.05, 3.63) is 82.1 Å². The van der Waals surface area contributed by atoms with Crippen molar-refractivity contribution in [2.45, 2.75) is 13.8 Å². The Hall–Kier alpha value is -2.46. The first-order valence-corrected chi connectivity index (χ1v) is 8.00. The summed E-state index contributed by atoms with van der Waals surface area (Å²) in [6.07, 6.45) is 0. The lowest BCUT2D eigenvalue weighted by Gasteiger charge is -2.04. The molecule has 0 bridgehead atoms. The lowest BCUT2D eigenvalue weighted by atomic mass is 10.1. The Kier molecular flexibility index (Phi) is 4.30. The van der Waals surface area contributed by atoms with E-state index in [-0.39, 0.29) is 0 Å². The summed E-state index contributed by atoms with van der Waals surface area (Å²) >= 11 is 1.60. The largest absolute Gasteiger partial charge is 0.288 e. The third kappa shape index (κ3) is 3.07. The Labute approximate surface area is 133 Å². The molecule has 0 unspecified atom stereocenters. The van der Waals surface area contributed by atoms with Crippen molar-refractivity contribution in [2.75, 3.05) is 0 Å². The van der Waals surface area contributed by atoms with E-state index in [1.807, 2.05) is 55.5 Å². The molecule has 0 amide bonds. The van der Waals surface area contributed by atoms with E-state index in [0.29, 0.717) is 0 Å². The number of thiazole rings is 1. The molecule has 4 heteroatoms. The first-order valence-electron chi connectivity index (χ1n) is 7.12. The van der Waals surface area contributed by atoms with Crippen LogP contribution in [0.15, 0.2) is 76.2 Å². The molecule has 0 aliphatic rings. The molecule has 0 fully saturated rings. The molecule has 0 N–H and O–H groups in total. The molecule has 3 aromatic rings. The summed E-state index contributed by atoms with van der Waals surface area (Å²) in [5.41, 5.74) is 4.26. The fourth-order valence-electron chi connectivity index (χ4n) is 2.21. The van der Waals surface area contributed by atoms with E-state index in [1.54, 1.807) is 11.3 Å². The predicted octanol–water partition coefficient (Wildman–Crippen LogP) is 4.17. The van der Waals surface area contributed by atoms with Gasteiger partial charge in [0, 0.05) is 16.8 Å². The van der Waals surface area contributed by atoms with Gasteiger partial charge in [-0.3, -0.25) is 4.57 Å². The molecule has 0 atom stereocenters.